The molecule has 0 fully saturated rings. The summed E-state index contributed by atoms with van der Waals surface area (Å²) in [5.74, 6) is 0. The second-order valence-corrected chi connectivity index (χ2v) is 4.37. The first-order chi connectivity index (χ1) is 6.59. The van der Waals surface area contributed by atoms with E-state index in [-0.39, 0.29) is 0 Å². The molecule has 0 spiro atoms. The van der Waals surface area contributed by atoms with Crippen molar-refractivity contribution in [3.8, 4) is 0 Å². The number of nitrogens with one attached hydrogen (secondary N) is 1. The molecule has 0 aromatic heterocycles. The SMILES string of the molecule is CCCCNc1c(N(C)C)c(=S)c1=S. The fraction of sp³-hybridized carbons (Fsp3) is 0.600. The Morgan fingerprint density at radius 3 is 2.36 bits per heavy atom. The van der Waals surface area contributed by atoms with Crippen molar-refractivity contribution >= 4 is 35.8 Å². The van der Waals surface area contributed by atoms with Crippen molar-refractivity contribution in [1.82, 2.24) is 0 Å². The minimum Gasteiger partial charge on any atom is -0.382 e. The summed E-state index contributed by atoms with van der Waals surface area (Å²) in [5.41, 5.74) is 2.14. The van der Waals surface area contributed by atoms with Gasteiger partial charge in [0.2, 0.25) is 0 Å². The third-order valence-electron chi connectivity index (χ3n) is 2.16. The zero-order chi connectivity index (χ0) is 10.7. The van der Waals surface area contributed by atoms with Crippen molar-refractivity contribution in [3.05, 3.63) is 9.02 Å². The number of anilines is 2. The Kier molecular flexibility index (Phi) is 4.01. The van der Waals surface area contributed by atoms with E-state index < -0.39 is 0 Å². The highest BCUT2D eigenvalue weighted by Gasteiger charge is 2.15. The maximum absolute atomic E-state index is 5.19. The Labute approximate surface area is 95.6 Å². The van der Waals surface area contributed by atoms with Crippen LogP contribution in [0.5, 0.6) is 0 Å². The molecule has 0 aliphatic rings. The summed E-state index contributed by atoms with van der Waals surface area (Å²) in [5, 5.41) is 3.34. The fourth-order valence-electron chi connectivity index (χ4n) is 1.36. The van der Waals surface area contributed by atoms with Crippen LogP contribution in [-0.2, 0) is 0 Å². The minimum absolute atomic E-state index is 0.819. The van der Waals surface area contributed by atoms with Gasteiger partial charge in [-0.1, -0.05) is 37.8 Å². The van der Waals surface area contributed by atoms with E-state index >= 15 is 0 Å². The van der Waals surface area contributed by atoms with Crippen molar-refractivity contribution in [2.45, 2.75) is 19.8 Å². The smallest absolute Gasteiger partial charge is 0.0834 e. The van der Waals surface area contributed by atoms with Gasteiger partial charge in [-0.25, -0.2) is 0 Å². The van der Waals surface area contributed by atoms with Crippen LogP contribution in [0.1, 0.15) is 19.8 Å². The van der Waals surface area contributed by atoms with E-state index in [2.05, 4.69) is 12.2 Å². The van der Waals surface area contributed by atoms with Crippen LogP contribution in [0, 0.1) is 9.02 Å². The van der Waals surface area contributed by atoms with Gasteiger partial charge in [0.1, 0.15) is 0 Å². The molecule has 1 N–H and O–H groups in total. The van der Waals surface area contributed by atoms with Gasteiger partial charge >= 0.3 is 0 Å². The van der Waals surface area contributed by atoms with E-state index in [0.29, 0.717) is 0 Å². The molecule has 0 amide bonds. The Morgan fingerprint density at radius 1 is 1.21 bits per heavy atom. The van der Waals surface area contributed by atoms with Crippen molar-refractivity contribution in [2.24, 2.45) is 0 Å². The van der Waals surface area contributed by atoms with Gasteiger partial charge in [0.05, 0.1) is 20.4 Å². The van der Waals surface area contributed by atoms with E-state index in [1.54, 1.807) is 0 Å². The highest BCUT2D eigenvalue weighted by atomic mass is 32.1. The Hall–Kier alpha value is -0.480. The monoisotopic (exact) mass is 228 g/mol. The summed E-state index contributed by atoms with van der Waals surface area (Å²) in [7, 11) is 3.98. The minimum atomic E-state index is 0.819. The van der Waals surface area contributed by atoms with E-state index in [9.17, 15) is 0 Å². The molecule has 78 valence electrons. The van der Waals surface area contributed by atoms with Crippen molar-refractivity contribution in [3.63, 3.8) is 0 Å². The first-order valence-electron chi connectivity index (χ1n) is 4.84. The highest BCUT2D eigenvalue weighted by molar-refractivity contribution is 7.74. The van der Waals surface area contributed by atoms with Crippen LogP contribution in [0.15, 0.2) is 0 Å². The molecule has 14 heavy (non-hydrogen) atoms. The number of rotatable bonds is 5. The molecule has 0 bridgehead atoms. The first-order valence-corrected chi connectivity index (χ1v) is 5.65. The van der Waals surface area contributed by atoms with Gasteiger partial charge in [-0.05, 0) is 6.42 Å². The van der Waals surface area contributed by atoms with E-state index in [4.69, 9.17) is 24.4 Å². The largest absolute Gasteiger partial charge is 0.382 e. The summed E-state index contributed by atoms with van der Waals surface area (Å²) < 4.78 is 1.64. The molecule has 1 aromatic rings. The van der Waals surface area contributed by atoms with Crippen LogP contribution in [-0.4, -0.2) is 20.6 Å². The summed E-state index contributed by atoms with van der Waals surface area (Å²) in [6, 6.07) is 0. The van der Waals surface area contributed by atoms with Crippen LogP contribution < -0.4 is 10.2 Å². The third-order valence-corrected chi connectivity index (χ3v) is 3.10. The summed E-state index contributed by atoms with van der Waals surface area (Å²) >= 11 is 10.4. The standard InChI is InChI=1S/C10H16N2S2/c1-4-5-6-11-7-8(12(2)3)10(14)9(7)13/h11H,4-6H2,1-3H3. The lowest BCUT2D eigenvalue weighted by Crippen LogP contribution is -2.16. The zero-order valence-corrected chi connectivity index (χ0v) is 10.5. The predicted molar refractivity (Wildman–Crippen MR) is 68.2 cm³/mol. The van der Waals surface area contributed by atoms with Crippen LogP contribution in [0.3, 0.4) is 0 Å². The summed E-state index contributed by atoms with van der Waals surface area (Å²) in [6.45, 7) is 3.15. The Morgan fingerprint density at radius 2 is 1.86 bits per heavy atom. The predicted octanol–water partition coefficient (Wildman–Crippen LogP) is 3.30. The quantitative estimate of drug-likeness (QED) is 0.614. The number of hydrogen-bond acceptors (Lipinski definition) is 4. The summed E-state index contributed by atoms with van der Waals surface area (Å²) in [6.07, 6.45) is 2.36. The summed E-state index contributed by atoms with van der Waals surface area (Å²) in [4.78, 5) is 2.02. The molecule has 0 aliphatic carbocycles. The molecular weight excluding hydrogens is 212 g/mol. The lowest BCUT2D eigenvalue weighted by molar-refractivity contribution is 0.833. The van der Waals surface area contributed by atoms with E-state index in [0.717, 1.165) is 26.9 Å². The second kappa shape index (κ2) is 4.84. The molecule has 0 aliphatic heterocycles. The van der Waals surface area contributed by atoms with Crippen LogP contribution in [0.25, 0.3) is 0 Å². The van der Waals surface area contributed by atoms with Gasteiger partial charge in [0.25, 0.3) is 0 Å². The molecule has 0 atom stereocenters. The van der Waals surface area contributed by atoms with Gasteiger partial charge < -0.3 is 10.2 Å². The molecule has 0 saturated heterocycles. The zero-order valence-electron chi connectivity index (χ0n) is 8.89. The second-order valence-electron chi connectivity index (χ2n) is 3.56. The Bertz CT molecular complexity index is 375. The van der Waals surface area contributed by atoms with Gasteiger partial charge in [-0.2, -0.15) is 0 Å². The van der Waals surface area contributed by atoms with Gasteiger partial charge in [0, 0.05) is 20.6 Å². The lowest BCUT2D eigenvalue weighted by Gasteiger charge is -2.22. The fourth-order valence-corrected chi connectivity index (χ4v) is 2.01. The Balaban J connectivity index is 2.73. The van der Waals surface area contributed by atoms with Crippen molar-refractivity contribution in [2.75, 3.05) is 30.9 Å². The molecule has 1 rings (SSSR count). The van der Waals surface area contributed by atoms with E-state index in [1.165, 1.54) is 12.8 Å². The van der Waals surface area contributed by atoms with Gasteiger partial charge in [-0.15, -0.1) is 0 Å². The molecule has 0 heterocycles. The third kappa shape index (κ3) is 2.12. The lowest BCUT2D eigenvalue weighted by atomic mass is 10.2. The van der Waals surface area contributed by atoms with Crippen molar-refractivity contribution < 1.29 is 0 Å². The molecule has 4 heteroatoms. The van der Waals surface area contributed by atoms with Gasteiger partial charge in [0.15, 0.2) is 0 Å². The first kappa shape index (κ1) is 11.6. The maximum Gasteiger partial charge on any atom is 0.0834 e. The average Bonchev–Trinajstić information content (AvgIpc) is 2.15. The molecule has 1 aromatic carbocycles. The van der Waals surface area contributed by atoms with Crippen LogP contribution >= 0.6 is 24.4 Å². The van der Waals surface area contributed by atoms with Crippen LogP contribution in [0.4, 0.5) is 11.4 Å². The highest BCUT2D eigenvalue weighted by Crippen LogP contribution is 2.34. The molecule has 0 unspecified atom stereocenters. The number of unbranched alkanes of at least 4 members (excludes halogenated alkanes) is 1. The molecule has 2 nitrogen and oxygen atoms in total. The number of nitrogens with zero attached hydrogens (tertiary/aromatic N) is 1. The number of hydrogen-bond donors (Lipinski definition) is 1. The van der Waals surface area contributed by atoms with E-state index in [1.807, 2.05) is 19.0 Å². The topological polar surface area (TPSA) is 15.3 Å². The maximum atomic E-state index is 5.19. The average molecular weight is 228 g/mol. The normalized spacial score (nSPS) is 10.5. The molecule has 0 saturated carbocycles. The molecule has 0 radical (unpaired) electrons. The molecular formula is C10H16N2S2. The van der Waals surface area contributed by atoms with Crippen molar-refractivity contribution in [1.29, 1.82) is 0 Å². The van der Waals surface area contributed by atoms with Crippen LogP contribution in [0.2, 0.25) is 0 Å². The van der Waals surface area contributed by atoms with Gasteiger partial charge in [-0.3, -0.25) is 0 Å².